The van der Waals surface area contributed by atoms with Crippen molar-refractivity contribution in [2.75, 3.05) is 19.6 Å². The Kier molecular flexibility index (Phi) is 6.49. The van der Waals surface area contributed by atoms with Crippen LogP contribution in [-0.4, -0.2) is 30.6 Å². The summed E-state index contributed by atoms with van der Waals surface area (Å²) < 4.78 is 37.8. The van der Waals surface area contributed by atoms with Crippen LogP contribution in [0.5, 0.6) is 0 Å². The van der Waals surface area contributed by atoms with Gasteiger partial charge >= 0.3 is 6.18 Å². The molecule has 0 fully saturated rings. The summed E-state index contributed by atoms with van der Waals surface area (Å²) in [6.07, 6.45) is -3.02. The van der Waals surface area contributed by atoms with E-state index in [4.69, 9.17) is 5.73 Å². The number of hydrogen-bond acceptors (Lipinski definition) is 2. The molecule has 5 heteroatoms. The number of hydrogen-bond donors (Lipinski definition) is 1. The van der Waals surface area contributed by atoms with Gasteiger partial charge in [0.1, 0.15) is 0 Å². The molecule has 114 valence electrons. The average molecular weight is 288 g/mol. The van der Waals surface area contributed by atoms with Crippen LogP contribution in [0.15, 0.2) is 24.3 Å². The minimum Gasteiger partial charge on any atom is -0.327 e. The smallest absolute Gasteiger partial charge is 0.327 e. The Morgan fingerprint density at radius 3 is 2.40 bits per heavy atom. The number of benzene rings is 1. The van der Waals surface area contributed by atoms with Gasteiger partial charge in [-0.1, -0.05) is 32.0 Å². The molecule has 2 N–H and O–H groups in total. The summed E-state index contributed by atoms with van der Waals surface area (Å²) in [5.41, 5.74) is 6.05. The summed E-state index contributed by atoms with van der Waals surface area (Å²) in [6.45, 7) is 6.98. The van der Waals surface area contributed by atoms with E-state index >= 15 is 0 Å². The van der Waals surface area contributed by atoms with Crippen LogP contribution in [0.25, 0.3) is 0 Å². The first-order valence-corrected chi connectivity index (χ1v) is 7.00. The van der Waals surface area contributed by atoms with Gasteiger partial charge in [0, 0.05) is 6.04 Å². The van der Waals surface area contributed by atoms with Crippen LogP contribution in [0.1, 0.15) is 31.4 Å². The minimum absolute atomic E-state index is 0.112. The van der Waals surface area contributed by atoms with Gasteiger partial charge in [-0.3, -0.25) is 0 Å². The van der Waals surface area contributed by atoms with Gasteiger partial charge < -0.3 is 10.6 Å². The topological polar surface area (TPSA) is 29.3 Å². The Morgan fingerprint density at radius 1 is 1.20 bits per heavy atom. The highest BCUT2D eigenvalue weighted by atomic mass is 19.4. The molecule has 0 saturated carbocycles. The van der Waals surface area contributed by atoms with Crippen LogP contribution >= 0.6 is 0 Å². The molecular formula is C15H23F3N2. The lowest BCUT2D eigenvalue weighted by Gasteiger charge is -2.20. The first kappa shape index (κ1) is 17.0. The van der Waals surface area contributed by atoms with E-state index in [1.807, 2.05) is 0 Å². The van der Waals surface area contributed by atoms with Crippen molar-refractivity contribution in [1.82, 2.24) is 4.90 Å². The summed E-state index contributed by atoms with van der Waals surface area (Å²) in [7, 11) is 0. The van der Waals surface area contributed by atoms with E-state index in [0.717, 1.165) is 32.1 Å². The van der Waals surface area contributed by atoms with Crippen molar-refractivity contribution in [1.29, 1.82) is 0 Å². The molecule has 0 heterocycles. The summed E-state index contributed by atoms with van der Waals surface area (Å²) in [6, 6.07) is 5.31. The third-order valence-corrected chi connectivity index (χ3v) is 3.46. The van der Waals surface area contributed by atoms with Gasteiger partial charge in [-0.25, -0.2) is 0 Å². The van der Waals surface area contributed by atoms with Crippen LogP contribution < -0.4 is 5.73 Å². The molecule has 20 heavy (non-hydrogen) atoms. The second-order valence-corrected chi connectivity index (χ2v) is 4.98. The number of halogens is 3. The average Bonchev–Trinajstić information content (AvgIpc) is 2.39. The van der Waals surface area contributed by atoms with E-state index in [1.165, 1.54) is 12.1 Å². The summed E-state index contributed by atoms with van der Waals surface area (Å²) in [4.78, 5) is 2.26. The highest BCUT2D eigenvalue weighted by Crippen LogP contribution is 2.29. The van der Waals surface area contributed by atoms with Gasteiger partial charge in [-0.05, 0) is 44.1 Å². The van der Waals surface area contributed by atoms with Crippen LogP contribution in [0.2, 0.25) is 0 Å². The van der Waals surface area contributed by atoms with E-state index < -0.39 is 11.7 Å². The molecule has 0 aromatic heterocycles. The Labute approximate surface area is 118 Å². The molecule has 0 aliphatic heterocycles. The number of nitrogens with zero attached hydrogens (tertiary/aromatic N) is 1. The Bertz CT molecular complexity index is 400. The summed E-state index contributed by atoms with van der Waals surface area (Å²) >= 11 is 0. The lowest BCUT2D eigenvalue weighted by Crippen LogP contribution is -2.31. The first-order valence-electron chi connectivity index (χ1n) is 7.00. The molecule has 0 spiro atoms. The van der Waals surface area contributed by atoms with Crippen molar-refractivity contribution in [3.05, 3.63) is 35.4 Å². The minimum atomic E-state index is -4.29. The molecule has 1 aromatic carbocycles. The summed E-state index contributed by atoms with van der Waals surface area (Å²) in [5, 5.41) is 0. The Balaban J connectivity index is 2.56. The number of alkyl halides is 3. The molecule has 0 amide bonds. The van der Waals surface area contributed by atoms with E-state index in [9.17, 15) is 13.2 Å². The second-order valence-electron chi connectivity index (χ2n) is 4.98. The molecule has 1 aromatic rings. The molecule has 0 aliphatic rings. The molecule has 2 nitrogen and oxygen atoms in total. The van der Waals surface area contributed by atoms with Crippen molar-refractivity contribution < 1.29 is 13.2 Å². The fraction of sp³-hybridized carbons (Fsp3) is 0.600. The largest absolute Gasteiger partial charge is 0.416 e. The molecule has 1 unspecified atom stereocenters. The van der Waals surface area contributed by atoms with Crippen LogP contribution in [0.3, 0.4) is 0 Å². The molecule has 1 atom stereocenters. The lowest BCUT2D eigenvalue weighted by atomic mass is 10.0. The van der Waals surface area contributed by atoms with Crippen LogP contribution in [0, 0.1) is 0 Å². The predicted molar refractivity (Wildman–Crippen MR) is 75.5 cm³/mol. The molecule has 0 aliphatic carbocycles. The van der Waals surface area contributed by atoms with Crippen molar-refractivity contribution >= 4 is 0 Å². The van der Waals surface area contributed by atoms with Gasteiger partial charge in [-0.2, -0.15) is 13.2 Å². The van der Waals surface area contributed by atoms with E-state index in [1.54, 1.807) is 6.07 Å². The highest BCUT2D eigenvalue weighted by Gasteiger charge is 2.30. The van der Waals surface area contributed by atoms with Gasteiger partial charge in [0.2, 0.25) is 0 Å². The maximum atomic E-state index is 12.6. The van der Waals surface area contributed by atoms with Crippen LogP contribution in [0.4, 0.5) is 13.2 Å². The Hall–Kier alpha value is -1.07. The van der Waals surface area contributed by atoms with Crippen molar-refractivity contribution in [2.45, 2.75) is 38.9 Å². The highest BCUT2D eigenvalue weighted by molar-refractivity contribution is 5.26. The number of nitrogens with two attached hydrogens (primary N) is 1. The van der Waals surface area contributed by atoms with Gasteiger partial charge in [0.05, 0.1) is 5.56 Å². The molecule has 1 rings (SSSR count). The second kappa shape index (κ2) is 7.64. The zero-order valence-corrected chi connectivity index (χ0v) is 12.1. The zero-order chi connectivity index (χ0) is 15.2. The quantitative estimate of drug-likeness (QED) is 0.834. The number of rotatable bonds is 7. The summed E-state index contributed by atoms with van der Waals surface area (Å²) in [5.74, 6) is 0. The van der Waals surface area contributed by atoms with Crippen molar-refractivity contribution in [2.24, 2.45) is 5.73 Å². The fourth-order valence-corrected chi connectivity index (χ4v) is 2.17. The fourth-order valence-electron chi connectivity index (χ4n) is 2.17. The molecule has 0 radical (unpaired) electrons. The van der Waals surface area contributed by atoms with E-state index in [0.29, 0.717) is 12.0 Å². The van der Waals surface area contributed by atoms with E-state index in [2.05, 4.69) is 18.7 Å². The van der Waals surface area contributed by atoms with Crippen LogP contribution in [-0.2, 0) is 12.6 Å². The maximum absolute atomic E-state index is 12.6. The normalized spacial score (nSPS) is 13.8. The standard InChI is InChI=1S/C15H23F3N2/c1-3-20(4-2)9-8-14(19)11-12-6-5-7-13(10-12)15(16,17)18/h5-7,10,14H,3-4,8-9,11,19H2,1-2H3. The van der Waals surface area contributed by atoms with Crippen molar-refractivity contribution in [3.63, 3.8) is 0 Å². The van der Waals surface area contributed by atoms with Gasteiger partial charge in [-0.15, -0.1) is 0 Å². The third kappa shape index (κ3) is 5.51. The molecular weight excluding hydrogens is 265 g/mol. The van der Waals surface area contributed by atoms with E-state index in [-0.39, 0.29) is 6.04 Å². The molecule has 0 saturated heterocycles. The van der Waals surface area contributed by atoms with Gasteiger partial charge in [0.15, 0.2) is 0 Å². The first-order chi connectivity index (χ1) is 9.36. The lowest BCUT2D eigenvalue weighted by molar-refractivity contribution is -0.137. The van der Waals surface area contributed by atoms with Crippen molar-refractivity contribution in [3.8, 4) is 0 Å². The monoisotopic (exact) mass is 288 g/mol. The maximum Gasteiger partial charge on any atom is 0.416 e. The van der Waals surface area contributed by atoms with Gasteiger partial charge in [0.25, 0.3) is 0 Å². The third-order valence-electron chi connectivity index (χ3n) is 3.46. The zero-order valence-electron chi connectivity index (χ0n) is 12.1. The Morgan fingerprint density at radius 2 is 1.85 bits per heavy atom. The molecule has 0 bridgehead atoms. The SMILES string of the molecule is CCN(CC)CCC(N)Cc1cccc(C(F)(F)F)c1. The predicted octanol–water partition coefficient (Wildman–Crippen LogP) is 3.31.